The molecule has 0 heterocycles. The van der Waals surface area contributed by atoms with Crippen LogP contribution < -0.4 is 0 Å². The molecule has 2 nitrogen and oxygen atoms in total. The van der Waals surface area contributed by atoms with E-state index in [0.29, 0.717) is 0 Å². The summed E-state index contributed by atoms with van der Waals surface area (Å²) in [5.41, 5.74) is 0. The number of aliphatic carboxylic acids is 1. The summed E-state index contributed by atoms with van der Waals surface area (Å²) in [5, 5.41) is 8.53. The van der Waals surface area contributed by atoms with Gasteiger partial charge in [-0.2, -0.15) is 0 Å². The van der Waals surface area contributed by atoms with Gasteiger partial charge in [0, 0.05) is 35.4 Å². The molecule has 0 radical (unpaired) electrons. The van der Waals surface area contributed by atoms with Crippen molar-refractivity contribution in [2.24, 2.45) is 0 Å². The zero-order valence-corrected chi connectivity index (χ0v) is 11.6. The van der Waals surface area contributed by atoms with Gasteiger partial charge in [-0.05, 0) is 0 Å². The fraction of sp³-hybridized carbons (Fsp3) is 0.667. The molecule has 0 atom stereocenters. The summed E-state index contributed by atoms with van der Waals surface area (Å²) in [5.74, 6) is -0.564. The second-order valence-electron chi connectivity index (χ2n) is 2.54. The molecule has 0 aromatic heterocycles. The molecule has 0 amide bonds. The van der Waals surface area contributed by atoms with E-state index in [1.165, 1.54) is 0 Å². The number of carboxylic acids is 1. The van der Waals surface area contributed by atoms with Crippen molar-refractivity contribution in [3.63, 3.8) is 0 Å². The summed E-state index contributed by atoms with van der Waals surface area (Å²) in [7, 11) is 2.69. The first-order valence-corrected chi connectivity index (χ1v) is 6.15. The van der Waals surface area contributed by atoms with Crippen LogP contribution in [0.25, 0.3) is 0 Å². The number of carboxylic acid groups (broad SMARTS) is 1. The maximum atomic E-state index is 10.3. The molecular weight excluding hydrogens is 198 g/mol. The number of hydrogen-bond acceptors (Lipinski definition) is 1. The van der Waals surface area contributed by atoms with Gasteiger partial charge in [0.1, 0.15) is 0 Å². The fourth-order valence-electron chi connectivity index (χ4n) is 0.151. The molecule has 0 saturated carbocycles. The molecule has 0 aliphatic carbocycles. The number of rotatable bonds is 2. The van der Waals surface area contributed by atoms with Crippen LogP contribution in [0.4, 0.5) is 0 Å². The van der Waals surface area contributed by atoms with E-state index >= 15 is 0 Å². The van der Waals surface area contributed by atoms with Gasteiger partial charge in [-0.15, -0.1) is 0 Å². The minimum atomic E-state index is -0.564. The van der Waals surface area contributed by atoms with Crippen molar-refractivity contribution in [2.45, 2.75) is 10.7 Å². The molecule has 0 fully saturated rings. The standard InChI is InChI=1S/C3H12O2Si3.2Na.2H/c4-2(5)3(7,8)1-6;;;;/h1H2,6-8H3,(H,4,5);;;;. The van der Waals surface area contributed by atoms with Gasteiger partial charge in [0.05, 0.1) is 0 Å². The quantitative estimate of drug-likeness (QED) is 0.468. The first kappa shape index (κ1) is 18.0. The van der Waals surface area contributed by atoms with Crippen LogP contribution in [-0.2, 0) is 4.79 Å². The molecule has 52 valence electrons. The average molecular weight is 212 g/mol. The Labute approximate surface area is 115 Å². The van der Waals surface area contributed by atoms with Crippen molar-refractivity contribution in [1.29, 1.82) is 0 Å². The molecule has 0 aromatic rings. The second-order valence-corrected chi connectivity index (χ2v) is 9.66. The molecule has 0 aliphatic heterocycles. The average Bonchev–Trinajstić information content (AvgIpc) is 1.67. The van der Waals surface area contributed by atoms with E-state index < -0.39 is 5.97 Å². The van der Waals surface area contributed by atoms with E-state index in [-0.39, 0.29) is 63.8 Å². The van der Waals surface area contributed by atoms with Crippen LogP contribution in [0.15, 0.2) is 0 Å². The molecular formula is C3H14Na2O2Si3. The Hall–Kier alpha value is 2.12. The van der Waals surface area contributed by atoms with Crippen molar-refractivity contribution < 1.29 is 9.90 Å². The number of hydrogen-bond donors (Lipinski definition) is 1. The van der Waals surface area contributed by atoms with Crippen LogP contribution in [0.3, 0.4) is 0 Å². The summed E-state index contributed by atoms with van der Waals surface area (Å²) in [6, 6.07) is 0.945. The van der Waals surface area contributed by atoms with Crippen molar-refractivity contribution in [2.75, 3.05) is 0 Å². The van der Waals surface area contributed by atoms with Crippen LogP contribution in [0.5, 0.6) is 0 Å². The summed E-state index contributed by atoms with van der Waals surface area (Å²) in [4.78, 5) is 10.3. The molecule has 7 heteroatoms. The van der Waals surface area contributed by atoms with Crippen molar-refractivity contribution >= 4 is 95.8 Å². The zero-order chi connectivity index (χ0) is 6.78. The van der Waals surface area contributed by atoms with Gasteiger partial charge < -0.3 is 5.11 Å². The summed E-state index contributed by atoms with van der Waals surface area (Å²) in [6.07, 6.45) is 0. The van der Waals surface area contributed by atoms with Crippen LogP contribution in [0, 0.1) is 0 Å². The molecule has 0 unspecified atom stereocenters. The minimum absolute atomic E-state index is 0. The Bertz CT molecular complexity index is 108. The normalized spacial score (nSPS) is 14.8. The Morgan fingerprint density at radius 3 is 1.70 bits per heavy atom. The maximum absolute atomic E-state index is 10.3. The van der Waals surface area contributed by atoms with Crippen molar-refractivity contribution in [3.05, 3.63) is 0 Å². The van der Waals surface area contributed by atoms with Crippen LogP contribution in [-0.4, -0.2) is 101 Å². The Balaban J connectivity index is -0.000000245. The number of carbonyl (C=O) groups is 1. The first-order chi connectivity index (χ1) is 3.50. The molecule has 0 saturated heterocycles. The molecule has 0 spiro atoms. The van der Waals surface area contributed by atoms with Gasteiger partial charge in [0.15, 0.2) is 0 Å². The van der Waals surface area contributed by atoms with E-state index in [2.05, 4.69) is 0 Å². The van der Waals surface area contributed by atoms with Gasteiger partial charge >= 0.3 is 65.1 Å². The van der Waals surface area contributed by atoms with Crippen LogP contribution >= 0.6 is 0 Å². The third-order valence-corrected chi connectivity index (χ3v) is 8.33. The van der Waals surface area contributed by atoms with E-state index in [1.807, 2.05) is 0 Å². The van der Waals surface area contributed by atoms with E-state index in [9.17, 15) is 4.79 Å². The molecule has 0 bridgehead atoms. The topological polar surface area (TPSA) is 37.3 Å². The summed E-state index contributed by atoms with van der Waals surface area (Å²) >= 11 is 0. The first-order valence-electron chi connectivity index (χ1n) is 2.74. The SMILES string of the molecule is O=C(O)C([SiH3])([SiH3])C[SiH3].[NaH].[NaH]. The van der Waals surface area contributed by atoms with Gasteiger partial charge in [-0.1, -0.05) is 6.04 Å². The van der Waals surface area contributed by atoms with Gasteiger partial charge in [0.2, 0.25) is 0 Å². The molecule has 0 rings (SSSR count). The zero-order valence-electron chi connectivity index (χ0n) is 5.56. The monoisotopic (exact) mass is 212 g/mol. The predicted octanol–water partition coefficient (Wildman–Crippen LogP) is -4.60. The van der Waals surface area contributed by atoms with E-state index in [4.69, 9.17) is 5.11 Å². The third-order valence-electron chi connectivity index (χ3n) is 1.46. The molecule has 0 aliphatic rings. The Kier molecular flexibility index (Phi) is 14.0. The van der Waals surface area contributed by atoms with E-state index in [0.717, 1.165) is 36.8 Å². The van der Waals surface area contributed by atoms with Gasteiger partial charge in [-0.3, -0.25) is 4.79 Å². The Morgan fingerprint density at radius 1 is 1.40 bits per heavy atom. The third kappa shape index (κ3) is 6.81. The van der Waals surface area contributed by atoms with Gasteiger partial charge in [0.25, 0.3) is 0 Å². The summed E-state index contributed by atoms with van der Waals surface area (Å²) in [6.45, 7) is 0. The molecule has 10 heavy (non-hydrogen) atoms. The Morgan fingerprint density at radius 2 is 1.70 bits per heavy atom. The van der Waals surface area contributed by atoms with Gasteiger partial charge in [-0.25, -0.2) is 0 Å². The molecule has 1 N–H and O–H groups in total. The second kappa shape index (κ2) is 7.75. The molecule has 0 aromatic carbocycles. The predicted molar refractivity (Wildman–Crippen MR) is 59.3 cm³/mol. The van der Waals surface area contributed by atoms with Crippen LogP contribution in [0.1, 0.15) is 0 Å². The van der Waals surface area contributed by atoms with Crippen molar-refractivity contribution in [3.8, 4) is 0 Å². The summed E-state index contributed by atoms with van der Waals surface area (Å²) < 4.78 is -0.202. The fourth-order valence-corrected chi connectivity index (χ4v) is 0.454. The van der Waals surface area contributed by atoms with Crippen LogP contribution in [0.2, 0.25) is 10.7 Å². The van der Waals surface area contributed by atoms with Crippen molar-refractivity contribution in [1.82, 2.24) is 0 Å². The van der Waals surface area contributed by atoms with E-state index in [1.54, 1.807) is 0 Å².